The first-order valence-electron chi connectivity index (χ1n) is 8.21. The highest BCUT2D eigenvalue weighted by atomic mass is 32.2. The summed E-state index contributed by atoms with van der Waals surface area (Å²) in [7, 11) is 0. The molecule has 0 aliphatic carbocycles. The van der Waals surface area contributed by atoms with E-state index in [0.717, 1.165) is 40.0 Å². The van der Waals surface area contributed by atoms with Crippen molar-refractivity contribution in [2.45, 2.75) is 17.7 Å². The molecule has 126 valence electrons. The van der Waals surface area contributed by atoms with Gasteiger partial charge in [-0.15, -0.1) is 11.8 Å². The van der Waals surface area contributed by atoms with Crippen LogP contribution >= 0.6 is 11.8 Å². The van der Waals surface area contributed by atoms with Crippen LogP contribution in [-0.2, 0) is 17.6 Å². The fraction of sp³-hybridized carbons (Fsp3) is 0.200. The third kappa shape index (κ3) is 2.74. The van der Waals surface area contributed by atoms with Crippen molar-refractivity contribution in [2.75, 3.05) is 12.8 Å². The molecule has 0 fully saturated rings. The SMILES string of the molecule is CSc1ccc(C2=NCCc3c(CC(=O)O)c4ccccc4n32)cc1. The zero-order valence-electron chi connectivity index (χ0n) is 13.9. The molecule has 0 saturated heterocycles. The number of fused-ring (bicyclic) bond motifs is 3. The highest BCUT2D eigenvalue weighted by Crippen LogP contribution is 2.30. The minimum atomic E-state index is -0.799. The van der Waals surface area contributed by atoms with Gasteiger partial charge >= 0.3 is 5.97 Å². The maximum Gasteiger partial charge on any atom is 0.307 e. The molecule has 2 aromatic carbocycles. The van der Waals surface area contributed by atoms with Crippen molar-refractivity contribution < 1.29 is 9.90 Å². The minimum Gasteiger partial charge on any atom is -0.481 e. The Kier molecular flexibility index (Phi) is 4.09. The fourth-order valence-electron chi connectivity index (χ4n) is 3.51. The molecule has 1 aliphatic heterocycles. The molecule has 1 N–H and O–H groups in total. The molecule has 0 radical (unpaired) electrons. The number of aliphatic carboxylic acids is 1. The van der Waals surface area contributed by atoms with Crippen LogP contribution in [0.1, 0.15) is 16.8 Å². The van der Waals surface area contributed by atoms with E-state index in [1.165, 1.54) is 4.90 Å². The first kappa shape index (κ1) is 16.0. The average Bonchev–Trinajstić information content (AvgIpc) is 2.96. The van der Waals surface area contributed by atoms with E-state index in [9.17, 15) is 9.90 Å². The summed E-state index contributed by atoms with van der Waals surface area (Å²) < 4.78 is 2.14. The molecule has 3 aromatic rings. The predicted molar refractivity (Wildman–Crippen MR) is 102 cm³/mol. The molecular weight excluding hydrogens is 332 g/mol. The van der Waals surface area contributed by atoms with Gasteiger partial charge in [0.25, 0.3) is 0 Å². The summed E-state index contributed by atoms with van der Waals surface area (Å²) in [6.07, 6.45) is 2.87. The van der Waals surface area contributed by atoms with E-state index >= 15 is 0 Å². The number of carbonyl (C=O) groups is 1. The first-order chi connectivity index (χ1) is 12.2. The van der Waals surface area contributed by atoms with E-state index in [1.807, 2.05) is 24.3 Å². The number of benzene rings is 2. The monoisotopic (exact) mass is 350 g/mol. The molecule has 0 unspecified atom stereocenters. The number of hydrogen-bond acceptors (Lipinski definition) is 3. The molecule has 25 heavy (non-hydrogen) atoms. The maximum absolute atomic E-state index is 11.4. The van der Waals surface area contributed by atoms with Gasteiger partial charge in [0.05, 0.1) is 11.9 Å². The minimum absolute atomic E-state index is 0.0432. The van der Waals surface area contributed by atoms with Gasteiger partial charge in [0.2, 0.25) is 0 Å². The molecule has 0 spiro atoms. The molecule has 0 bridgehead atoms. The quantitative estimate of drug-likeness (QED) is 0.727. The lowest BCUT2D eigenvalue weighted by molar-refractivity contribution is -0.136. The van der Waals surface area contributed by atoms with Crippen molar-refractivity contribution in [1.29, 1.82) is 0 Å². The van der Waals surface area contributed by atoms with E-state index in [1.54, 1.807) is 11.8 Å². The Bertz CT molecular complexity index is 987. The molecule has 0 amide bonds. The number of hydrogen-bond donors (Lipinski definition) is 1. The second-order valence-electron chi connectivity index (χ2n) is 6.03. The third-order valence-corrected chi connectivity index (χ3v) is 5.33. The van der Waals surface area contributed by atoms with Crippen LogP contribution in [0.2, 0.25) is 0 Å². The zero-order valence-corrected chi connectivity index (χ0v) is 14.7. The number of carboxylic acids is 1. The van der Waals surface area contributed by atoms with Crippen molar-refractivity contribution in [2.24, 2.45) is 4.99 Å². The molecule has 4 nitrogen and oxygen atoms in total. The molecule has 2 heterocycles. The van der Waals surface area contributed by atoms with Crippen molar-refractivity contribution in [3.8, 4) is 0 Å². The van der Waals surface area contributed by atoms with Gasteiger partial charge in [-0.05, 0) is 30.0 Å². The van der Waals surface area contributed by atoms with Gasteiger partial charge in [0.15, 0.2) is 0 Å². The van der Waals surface area contributed by atoms with Gasteiger partial charge in [-0.3, -0.25) is 14.4 Å². The molecule has 0 atom stereocenters. The standard InChI is InChI=1S/C20H18N2O2S/c1-25-14-8-6-13(7-9-14)20-21-11-10-18-16(12-19(23)24)15-4-2-3-5-17(15)22(18)20/h2-9H,10-12H2,1H3,(H,23,24). The number of para-hydroxylation sites is 1. The smallest absolute Gasteiger partial charge is 0.307 e. The number of aromatic nitrogens is 1. The van der Waals surface area contributed by atoms with Crippen LogP contribution < -0.4 is 0 Å². The van der Waals surface area contributed by atoms with Gasteiger partial charge in [-0.1, -0.05) is 30.3 Å². The van der Waals surface area contributed by atoms with Crippen LogP contribution in [0.15, 0.2) is 58.4 Å². The Morgan fingerprint density at radius 2 is 1.96 bits per heavy atom. The molecule has 1 aliphatic rings. The fourth-order valence-corrected chi connectivity index (χ4v) is 3.92. The lowest BCUT2D eigenvalue weighted by Crippen LogP contribution is -2.22. The third-order valence-electron chi connectivity index (χ3n) is 4.59. The molecular formula is C20H18N2O2S. The molecule has 5 heteroatoms. The van der Waals surface area contributed by atoms with E-state index in [2.05, 4.69) is 35.1 Å². The number of carboxylic acid groups (broad SMARTS) is 1. The van der Waals surface area contributed by atoms with Crippen LogP contribution in [0.4, 0.5) is 0 Å². The molecule has 1 aromatic heterocycles. The van der Waals surface area contributed by atoms with Gasteiger partial charge in [0, 0.05) is 34.5 Å². The van der Waals surface area contributed by atoms with Gasteiger partial charge in [0.1, 0.15) is 5.84 Å². The lowest BCUT2D eigenvalue weighted by Gasteiger charge is -2.19. The predicted octanol–water partition coefficient (Wildman–Crippen LogP) is 3.84. The van der Waals surface area contributed by atoms with Gasteiger partial charge < -0.3 is 5.11 Å². The molecule has 0 saturated carbocycles. The summed E-state index contributed by atoms with van der Waals surface area (Å²) in [5, 5.41) is 10.4. The van der Waals surface area contributed by atoms with Gasteiger partial charge in [-0.2, -0.15) is 0 Å². The van der Waals surface area contributed by atoms with E-state index < -0.39 is 5.97 Å². The van der Waals surface area contributed by atoms with Crippen LogP contribution in [0.3, 0.4) is 0 Å². The Hall–Kier alpha value is -2.53. The van der Waals surface area contributed by atoms with Crippen molar-refractivity contribution in [1.82, 2.24) is 4.57 Å². The Labute approximate surface area is 150 Å². The summed E-state index contributed by atoms with van der Waals surface area (Å²) in [6.45, 7) is 0.683. The summed E-state index contributed by atoms with van der Waals surface area (Å²) >= 11 is 1.71. The Morgan fingerprint density at radius 1 is 1.20 bits per heavy atom. The lowest BCUT2D eigenvalue weighted by atomic mass is 10.1. The highest BCUT2D eigenvalue weighted by molar-refractivity contribution is 7.98. The molecule has 4 rings (SSSR count). The van der Waals surface area contributed by atoms with Crippen molar-refractivity contribution >= 4 is 34.5 Å². The second kappa shape index (κ2) is 6.41. The number of aliphatic imine (C=N–C) groups is 1. The topological polar surface area (TPSA) is 54.6 Å². The van der Waals surface area contributed by atoms with Gasteiger partial charge in [-0.25, -0.2) is 0 Å². The largest absolute Gasteiger partial charge is 0.481 e. The number of nitrogens with zero attached hydrogens (tertiary/aromatic N) is 2. The Balaban J connectivity index is 1.92. The van der Waals surface area contributed by atoms with Crippen LogP contribution in [0, 0.1) is 0 Å². The second-order valence-corrected chi connectivity index (χ2v) is 6.91. The Morgan fingerprint density at radius 3 is 2.68 bits per heavy atom. The summed E-state index contributed by atoms with van der Waals surface area (Å²) in [6, 6.07) is 16.4. The van der Waals surface area contributed by atoms with Crippen molar-refractivity contribution in [3.63, 3.8) is 0 Å². The summed E-state index contributed by atoms with van der Waals surface area (Å²) in [4.78, 5) is 17.4. The van der Waals surface area contributed by atoms with Crippen LogP contribution in [0.25, 0.3) is 10.9 Å². The maximum atomic E-state index is 11.4. The number of rotatable bonds is 4. The number of thioether (sulfide) groups is 1. The van der Waals surface area contributed by atoms with E-state index in [-0.39, 0.29) is 6.42 Å². The zero-order chi connectivity index (χ0) is 17.4. The normalized spacial score (nSPS) is 13.6. The first-order valence-corrected chi connectivity index (χ1v) is 9.43. The van der Waals surface area contributed by atoms with Crippen molar-refractivity contribution in [3.05, 3.63) is 65.4 Å². The average molecular weight is 350 g/mol. The summed E-state index contributed by atoms with van der Waals surface area (Å²) in [5.41, 5.74) is 4.07. The van der Waals surface area contributed by atoms with Crippen LogP contribution in [-0.4, -0.2) is 34.3 Å². The van der Waals surface area contributed by atoms with Crippen LogP contribution in [0.5, 0.6) is 0 Å². The summed E-state index contributed by atoms with van der Waals surface area (Å²) in [5.74, 6) is 0.106. The highest BCUT2D eigenvalue weighted by Gasteiger charge is 2.24. The van der Waals surface area contributed by atoms with E-state index in [0.29, 0.717) is 6.54 Å². The van der Waals surface area contributed by atoms with E-state index in [4.69, 9.17) is 4.99 Å².